The van der Waals surface area contributed by atoms with E-state index in [-0.39, 0.29) is 23.9 Å². The highest BCUT2D eigenvalue weighted by molar-refractivity contribution is 5.73. The van der Waals surface area contributed by atoms with Crippen LogP contribution in [0.15, 0.2) is 0 Å². The third kappa shape index (κ3) is 0.959. The SMILES string of the molecule is COC(=O)[C@H]1C[C@H]2CC[C@@H]1[C@H]2O. The number of ether oxygens (including phenoxy) is 1. The average molecular weight is 170 g/mol. The van der Waals surface area contributed by atoms with Crippen LogP contribution in [0.2, 0.25) is 0 Å². The molecule has 3 heteroatoms. The van der Waals surface area contributed by atoms with Crippen molar-refractivity contribution in [3.63, 3.8) is 0 Å². The standard InChI is InChI=1S/C9H14O3/c1-12-9(11)7-4-5-2-3-6(7)8(5)10/h5-8,10H,2-4H2,1H3/t5-,6+,7+,8+/m1/s1. The van der Waals surface area contributed by atoms with Gasteiger partial charge in [0.2, 0.25) is 0 Å². The van der Waals surface area contributed by atoms with Gasteiger partial charge in [-0.3, -0.25) is 4.79 Å². The normalized spacial score (nSPS) is 44.8. The van der Waals surface area contributed by atoms with Gasteiger partial charge in [-0.25, -0.2) is 0 Å². The average Bonchev–Trinajstić information content (AvgIpc) is 2.60. The van der Waals surface area contributed by atoms with E-state index in [9.17, 15) is 9.90 Å². The minimum absolute atomic E-state index is 0.0243. The van der Waals surface area contributed by atoms with Crippen molar-refractivity contribution in [2.24, 2.45) is 17.8 Å². The number of esters is 1. The molecule has 0 unspecified atom stereocenters. The molecule has 2 rings (SSSR count). The summed E-state index contributed by atoms with van der Waals surface area (Å²) < 4.78 is 4.69. The molecule has 2 fully saturated rings. The number of aliphatic hydroxyl groups excluding tert-OH is 1. The fraction of sp³-hybridized carbons (Fsp3) is 0.889. The van der Waals surface area contributed by atoms with E-state index in [4.69, 9.17) is 0 Å². The van der Waals surface area contributed by atoms with Crippen molar-refractivity contribution in [3.8, 4) is 0 Å². The van der Waals surface area contributed by atoms with Gasteiger partial charge >= 0.3 is 5.97 Å². The summed E-state index contributed by atoms with van der Waals surface area (Å²) in [5.41, 5.74) is 0. The number of hydrogen-bond donors (Lipinski definition) is 1. The van der Waals surface area contributed by atoms with E-state index in [1.807, 2.05) is 0 Å². The lowest BCUT2D eigenvalue weighted by atomic mass is 9.89. The zero-order valence-corrected chi connectivity index (χ0v) is 7.19. The van der Waals surface area contributed by atoms with E-state index in [1.165, 1.54) is 7.11 Å². The smallest absolute Gasteiger partial charge is 0.309 e. The van der Waals surface area contributed by atoms with Crippen molar-refractivity contribution >= 4 is 5.97 Å². The summed E-state index contributed by atoms with van der Waals surface area (Å²) >= 11 is 0. The van der Waals surface area contributed by atoms with Crippen molar-refractivity contribution < 1.29 is 14.6 Å². The van der Waals surface area contributed by atoms with Gasteiger partial charge in [0.05, 0.1) is 19.1 Å². The molecule has 0 aromatic rings. The molecule has 3 nitrogen and oxygen atoms in total. The first-order valence-corrected chi connectivity index (χ1v) is 4.50. The molecule has 0 aliphatic heterocycles. The van der Waals surface area contributed by atoms with E-state index in [0.717, 1.165) is 19.3 Å². The molecular formula is C9H14O3. The van der Waals surface area contributed by atoms with Crippen LogP contribution in [-0.2, 0) is 9.53 Å². The lowest BCUT2D eigenvalue weighted by Crippen LogP contribution is -2.24. The van der Waals surface area contributed by atoms with Crippen LogP contribution in [0.3, 0.4) is 0 Å². The molecular weight excluding hydrogens is 156 g/mol. The Kier molecular flexibility index (Phi) is 1.83. The molecule has 4 atom stereocenters. The van der Waals surface area contributed by atoms with Crippen molar-refractivity contribution in [1.29, 1.82) is 0 Å². The van der Waals surface area contributed by atoms with Gasteiger partial charge in [-0.2, -0.15) is 0 Å². The maximum absolute atomic E-state index is 11.2. The van der Waals surface area contributed by atoms with Crippen LogP contribution in [0.1, 0.15) is 19.3 Å². The van der Waals surface area contributed by atoms with Crippen LogP contribution in [0.4, 0.5) is 0 Å². The summed E-state index contributed by atoms with van der Waals surface area (Å²) in [4.78, 5) is 11.2. The topological polar surface area (TPSA) is 46.5 Å². The van der Waals surface area contributed by atoms with Crippen molar-refractivity contribution in [2.75, 3.05) is 7.11 Å². The molecule has 68 valence electrons. The van der Waals surface area contributed by atoms with Crippen molar-refractivity contribution in [3.05, 3.63) is 0 Å². The summed E-state index contributed by atoms with van der Waals surface area (Å²) in [6.07, 6.45) is 2.66. The Morgan fingerprint density at radius 2 is 2.25 bits per heavy atom. The van der Waals surface area contributed by atoms with E-state index >= 15 is 0 Å². The Bertz CT molecular complexity index is 202. The predicted molar refractivity (Wildman–Crippen MR) is 42.3 cm³/mol. The Balaban J connectivity index is 2.08. The molecule has 0 spiro atoms. The monoisotopic (exact) mass is 170 g/mol. The summed E-state index contributed by atoms with van der Waals surface area (Å²) in [5.74, 6) is 0.381. The van der Waals surface area contributed by atoms with Crippen LogP contribution < -0.4 is 0 Å². The number of hydrogen-bond acceptors (Lipinski definition) is 3. The maximum atomic E-state index is 11.2. The summed E-state index contributed by atoms with van der Waals surface area (Å²) in [6.45, 7) is 0. The zero-order valence-electron chi connectivity index (χ0n) is 7.19. The minimum atomic E-state index is -0.242. The molecule has 1 N–H and O–H groups in total. The Hall–Kier alpha value is -0.570. The highest BCUT2D eigenvalue weighted by Gasteiger charge is 2.50. The first-order chi connectivity index (χ1) is 5.74. The summed E-state index contributed by atoms with van der Waals surface area (Å²) in [5, 5.41) is 9.64. The van der Waals surface area contributed by atoms with E-state index in [0.29, 0.717) is 5.92 Å². The van der Waals surface area contributed by atoms with Crippen LogP contribution in [0.5, 0.6) is 0 Å². The molecule has 2 aliphatic rings. The molecule has 0 aromatic carbocycles. The van der Waals surface area contributed by atoms with Gasteiger partial charge in [0.1, 0.15) is 0 Å². The van der Waals surface area contributed by atoms with Crippen molar-refractivity contribution in [2.45, 2.75) is 25.4 Å². The lowest BCUT2D eigenvalue weighted by molar-refractivity contribution is -0.147. The Morgan fingerprint density at radius 1 is 1.50 bits per heavy atom. The molecule has 2 bridgehead atoms. The van der Waals surface area contributed by atoms with Crippen LogP contribution in [0.25, 0.3) is 0 Å². The van der Waals surface area contributed by atoms with Gasteiger partial charge in [0.15, 0.2) is 0 Å². The number of rotatable bonds is 1. The molecule has 2 saturated carbocycles. The number of fused-ring (bicyclic) bond motifs is 2. The predicted octanol–water partition coefficient (Wildman–Crippen LogP) is 0.566. The molecule has 12 heavy (non-hydrogen) atoms. The molecule has 0 aromatic heterocycles. The van der Waals surface area contributed by atoms with E-state index in [1.54, 1.807) is 0 Å². The van der Waals surface area contributed by atoms with Gasteiger partial charge < -0.3 is 9.84 Å². The van der Waals surface area contributed by atoms with Crippen LogP contribution in [0, 0.1) is 17.8 Å². The summed E-state index contributed by atoms with van der Waals surface area (Å²) in [6, 6.07) is 0. The first-order valence-electron chi connectivity index (χ1n) is 4.50. The third-order valence-electron chi connectivity index (χ3n) is 3.37. The van der Waals surface area contributed by atoms with Gasteiger partial charge in [0, 0.05) is 0 Å². The number of aliphatic hydroxyl groups is 1. The highest BCUT2D eigenvalue weighted by atomic mass is 16.5. The molecule has 0 heterocycles. The summed E-state index contributed by atoms with van der Waals surface area (Å²) in [7, 11) is 1.42. The molecule has 2 aliphatic carbocycles. The second-order valence-electron chi connectivity index (χ2n) is 3.86. The molecule has 0 radical (unpaired) electrons. The molecule has 0 saturated heterocycles. The zero-order chi connectivity index (χ0) is 8.72. The maximum Gasteiger partial charge on any atom is 0.309 e. The van der Waals surface area contributed by atoms with Crippen LogP contribution >= 0.6 is 0 Å². The highest BCUT2D eigenvalue weighted by Crippen LogP contribution is 2.48. The number of carbonyl (C=O) groups is 1. The second-order valence-corrected chi connectivity index (χ2v) is 3.86. The number of methoxy groups -OCH3 is 1. The van der Waals surface area contributed by atoms with E-state index in [2.05, 4.69) is 4.74 Å². The van der Waals surface area contributed by atoms with Gasteiger partial charge in [-0.1, -0.05) is 0 Å². The number of carbonyl (C=O) groups excluding carboxylic acids is 1. The fourth-order valence-electron chi connectivity index (χ4n) is 2.72. The molecule has 0 amide bonds. The van der Waals surface area contributed by atoms with Gasteiger partial charge in [0.25, 0.3) is 0 Å². The Labute approximate surface area is 71.7 Å². The van der Waals surface area contributed by atoms with Gasteiger partial charge in [-0.05, 0) is 31.1 Å². The Morgan fingerprint density at radius 3 is 2.67 bits per heavy atom. The quantitative estimate of drug-likeness (QED) is 0.585. The second kappa shape index (κ2) is 2.73. The first kappa shape index (κ1) is 8.05. The van der Waals surface area contributed by atoms with Crippen molar-refractivity contribution in [1.82, 2.24) is 0 Å². The fourth-order valence-corrected chi connectivity index (χ4v) is 2.72. The van der Waals surface area contributed by atoms with Crippen LogP contribution in [-0.4, -0.2) is 24.3 Å². The van der Waals surface area contributed by atoms with Gasteiger partial charge in [-0.15, -0.1) is 0 Å². The third-order valence-corrected chi connectivity index (χ3v) is 3.37. The lowest BCUT2D eigenvalue weighted by Gasteiger charge is -2.18. The largest absolute Gasteiger partial charge is 0.469 e. The van der Waals surface area contributed by atoms with E-state index < -0.39 is 0 Å². The minimum Gasteiger partial charge on any atom is -0.469 e.